The Labute approximate surface area is 203 Å². The summed E-state index contributed by atoms with van der Waals surface area (Å²) in [5.74, 6) is 0.423. The number of hydrogen-bond donors (Lipinski definition) is 1. The van der Waals surface area contributed by atoms with E-state index in [-0.39, 0.29) is 25.0 Å². The summed E-state index contributed by atoms with van der Waals surface area (Å²) in [6.45, 7) is 1.70. The fraction of sp³-hybridized carbons (Fsp3) is 0.320. The van der Waals surface area contributed by atoms with Gasteiger partial charge in [0.15, 0.2) is 5.52 Å². The lowest BCUT2D eigenvalue weighted by molar-refractivity contribution is -0.139. The van der Waals surface area contributed by atoms with Crippen LogP contribution in [0.3, 0.4) is 0 Å². The summed E-state index contributed by atoms with van der Waals surface area (Å²) in [7, 11) is 4.01. The van der Waals surface area contributed by atoms with E-state index in [4.69, 9.17) is 14.5 Å². The van der Waals surface area contributed by atoms with Crippen molar-refractivity contribution in [3.63, 3.8) is 0 Å². The van der Waals surface area contributed by atoms with Gasteiger partial charge in [-0.2, -0.15) is 0 Å². The monoisotopic (exact) mass is 473 g/mol. The highest BCUT2D eigenvalue weighted by atomic mass is 16.5. The van der Waals surface area contributed by atoms with Crippen molar-refractivity contribution < 1.29 is 14.3 Å². The zero-order chi connectivity index (χ0) is 24.2. The van der Waals surface area contributed by atoms with Crippen LogP contribution in [0.5, 0.6) is 5.88 Å². The summed E-state index contributed by atoms with van der Waals surface area (Å²) in [6, 6.07) is 10.0. The predicted octanol–water partition coefficient (Wildman–Crippen LogP) is 2.33. The normalized spacial score (nSPS) is 15.8. The zero-order valence-electron chi connectivity index (χ0n) is 19.7. The Bertz CT molecular complexity index is 1290. The van der Waals surface area contributed by atoms with Crippen LogP contribution in [0.2, 0.25) is 0 Å². The summed E-state index contributed by atoms with van der Waals surface area (Å²) in [5.41, 5.74) is 4.89. The molecule has 1 aliphatic heterocycles. The minimum Gasteiger partial charge on any atom is -0.473 e. The Morgan fingerprint density at radius 1 is 1.23 bits per heavy atom. The number of carbonyl (C=O) groups excluding carboxylic acids is 1. The van der Waals surface area contributed by atoms with Crippen LogP contribution in [0.25, 0.3) is 22.3 Å². The maximum Gasteiger partial charge on any atom is 0.242 e. The molecule has 1 saturated heterocycles. The second-order valence-electron chi connectivity index (χ2n) is 8.58. The van der Waals surface area contributed by atoms with E-state index in [9.17, 15) is 4.79 Å². The van der Waals surface area contributed by atoms with Gasteiger partial charge in [-0.1, -0.05) is 12.1 Å². The first-order valence-electron chi connectivity index (χ1n) is 11.5. The molecule has 3 aromatic heterocycles. The summed E-state index contributed by atoms with van der Waals surface area (Å²) in [5, 5.41) is 0. The Kier molecular flexibility index (Phi) is 6.53. The number of ether oxygens (including phenoxy) is 2. The van der Waals surface area contributed by atoms with E-state index in [1.54, 1.807) is 29.8 Å². The minimum atomic E-state index is -0.272. The van der Waals surface area contributed by atoms with Gasteiger partial charge >= 0.3 is 0 Å². The molecule has 4 heterocycles. The number of nitrogens with one attached hydrogen (secondary N) is 1. The second kappa shape index (κ2) is 10.1. The van der Waals surface area contributed by atoms with E-state index in [2.05, 4.69) is 19.9 Å². The zero-order valence-corrected chi connectivity index (χ0v) is 19.7. The number of rotatable bonds is 7. The molecule has 35 heavy (non-hydrogen) atoms. The molecule has 0 aliphatic carbocycles. The number of pyridine rings is 1. The lowest BCUT2D eigenvalue weighted by atomic mass is 10.1. The number of amides is 1. The van der Waals surface area contributed by atoms with Gasteiger partial charge in [-0.15, -0.1) is 0 Å². The summed E-state index contributed by atoms with van der Waals surface area (Å²) >= 11 is 0. The fourth-order valence-electron chi connectivity index (χ4n) is 4.00. The van der Waals surface area contributed by atoms with E-state index in [0.29, 0.717) is 36.6 Å². The first-order chi connectivity index (χ1) is 17.1. The Balaban J connectivity index is 1.31. The van der Waals surface area contributed by atoms with E-state index in [0.717, 1.165) is 22.6 Å². The number of H-pyrrole nitrogens is 1. The number of benzene rings is 1. The summed E-state index contributed by atoms with van der Waals surface area (Å²) in [6.07, 6.45) is 6.52. The highest BCUT2D eigenvalue weighted by molar-refractivity contribution is 5.83. The molecule has 0 saturated carbocycles. The van der Waals surface area contributed by atoms with Gasteiger partial charge in [0.1, 0.15) is 12.7 Å². The van der Waals surface area contributed by atoms with Crippen LogP contribution in [-0.2, 0) is 16.0 Å². The third kappa shape index (κ3) is 5.22. The van der Waals surface area contributed by atoms with Crippen molar-refractivity contribution in [2.45, 2.75) is 12.5 Å². The van der Waals surface area contributed by atoms with Gasteiger partial charge in [0.2, 0.25) is 11.8 Å². The number of morpholine rings is 1. The van der Waals surface area contributed by atoms with Crippen molar-refractivity contribution in [2.24, 2.45) is 0 Å². The molecule has 10 heteroatoms. The summed E-state index contributed by atoms with van der Waals surface area (Å²) < 4.78 is 12.0. The van der Waals surface area contributed by atoms with Crippen LogP contribution < -0.4 is 9.64 Å². The SMILES string of the molecule is CN(C)c1ccc(-c2cc3nccnc3c(OC[C@@H]3CN(C(=O)Cc4cnc[nH]4)CCO3)n2)cc1. The third-order valence-corrected chi connectivity index (χ3v) is 5.90. The Hall–Kier alpha value is -4.05. The van der Waals surface area contributed by atoms with Crippen molar-refractivity contribution in [1.29, 1.82) is 0 Å². The number of carbonyl (C=O) groups is 1. The molecule has 180 valence electrons. The second-order valence-corrected chi connectivity index (χ2v) is 8.58. The molecule has 0 bridgehead atoms. The van der Waals surface area contributed by atoms with Crippen LogP contribution in [0, 0.1) is 0 Å². The molecule has 1 N–H and O–H groups in total. The third-order valence-electron chi connectivity index (χ3n) is 5.90. The van der Waals surface area contributed by atoms with Gasteiger partial charge in [0, 0.05) is 56.2 Å². The lowest BCUT2D eigenvalue weighted by Gasteiger charge is -2.32. The van der Waals surface area contributed by atoms with E-state index >= 15 is 0 Å². The van der Waals surface area contributed by atoms with E-state index in [1.807, 2.05) is 49.3 Å². The van der Waals surface area contributed by atoms with Crippen LogP contribution >= 0.6 is 0 Å². The maximum atomic E-state index is 12.7. The van der Waals surface area contributed by atoms with Gasteiger partial charge in [-0.25, -0.2) is 15.0 Å². The van der Waals surface area contributed by atoms with Gasteiger partial charge in [-0.05, 0) is 18.2 Å². The van der Waals surface area contributed by atoms with Crippen molar-refractivity contribution in [2.75, 3.05) is 45.3 Å². The van der Waals surface area contributed by atoms with Crippen molar-refractivity contribution in [3.05, 3.63) is 60.9 Å². The maximum absolute atomic E-state index is 12.7. The van der Waals surface area contributed by atoms with E-state index in [1.165, 1.54) is 0 Å². The molecule has 0 unspecified atom stereocenters. The lowest BCUT2D eigenvalue weighted by Crippen LogP contribution is -2.48. The molecular weight excluding hydrogens is 446 g/mol. The molecule has 1 fully saturated rings. The van der Waals surface area contributed by atoms with Crippen LogP contribution in [0.1, 0.15) is 5.69 Å². The molecule has 0 radical (unpaired) electrons. The summed E-state index contributed by atoms with van der Waals surface area (Å²) in [4.78, 5) is 37.1. The number of aromatic nitrogens is 5. The Morgan fingerprint density at radius 2 is 2.06 bits per heavy atom. The molecule has 1 aromatic carbocycles. The molecular formula is C25H27N7O3. The molecule has 1 amide bonds. The average molecular weight is 474 g/mol. The Morgan fingerprint density at radius 3 is 2.83 bits per heavy atom. The minimum absolute atomic E-state index is 0.0279. The molecule has 1 atom stereocenters. The topological polar surface area (TPSA) is 109 Å². The number of anilines is 1. The van der Waals surface area contributed by atoms with Crippen LogP contribution in [0.4, 0.5) is 5.69 Å². The molecule has 5 rings (SSSR count). The fourth-order valence-corrected chi connectivity index (χ4v) is 4.00. The average Bonchev–Trinajstić information content (AvgIpc) is 3.40. The standard InChI is InChI=1S/C25H27N7O3/c1-31(2)19-5-3-17(4-6-19)21-12-22-24(28-8-7-27-22)25(30-21)35-15-20-14-32(9-10-34-20)23(33)11-18-13-26-16-29-18/h3-8,12-13,16,20H,9-11,14-15H2,1-2H3,(H,26,29)/t20-/m0/s1. The highest BCUT2D eigenvalue weighted by Gasteiger charge is 2.25. The number of hydrogen-bond acceptors (Lipinski definition) is 8. The van der Waals surface area contributed by atoms with Crippen LogP contribution in [-0.4, -0.2) is 82.2 Å². The van der Waals surface area contributed by atoms with Gasteiger partial charge in [0.05, 0.1) is 37.1 Å². The molecule has 0 spiro atoms. The van der Waals surface area contributed by atoms with E-state index < -0.39 is 0 Å². The van der Waals surface area contributed by atoms with Crippen molar-refractivity contribution in [1.82, 2.24) is 29.8 Å². The smallest absolute Gasteiger partial charge is 0.242 e. The molecule has 10 nitrogen and oxygen atoms in total. The van der Waals surface area contributed by atoms with Gasteiger partial charge in [0.25, 0.3) is 0 Å². The molecule has 1 aliphatic rings. The predicted molar refractivity (Wildman–Crippen MR) is 131 cm³/mol. The molecule has 4 aromatic rings. The first kappa shape index (κ1) is 22.7. The number of aromatic amines is 1. The van der Waals surface area contributed by atoms with Gasteiger partial charge in [-0.3, -0.25) is 9.78 Å². The van der Waals surface area contributed by atoms with Crippen molar-refractivity contribution >= 4 is 22.6 Å². The quantitative estimate of drug-likeness (QED) is 0.436. The highest BCUT2D eigenvalue weighted by Crippen LogP contribution is 2.28. The van der Waals surface area contributed by atoms with Crippen molar-refractivity contribution in [3.8, 4) is 17.1 Å². The van der Waals surface area contributed by atoms with Crippen LogP contribution in [0.15, 0.2) is 55.2 Å². The largest absolute Gasteiger partial charge is 0.473 e. The van der Waals surface area contributed by atoms with Gasteiger partial charge < -0.3 is 24.3 Å². The number of nitrogens with zero attached hydrogens (tertiary/aromatic N) is 6. The number of imidazole rings is 1. The number of fused-ring (bicyclic) bond motifs is 1. The first-order valence-corrected chi connectivity index (χ1v) is 11.5.